The van der Waals surface area contributed by atoms with E-state index in [0.29, 0.717) is 40.2 Å². The molecule has 0 spiro atoms. The molecule has 2 aromatic carbocycles. The number of rotatable bonds is 9. The van der Waals surface area contributed by atoms with Gasteiger partial charge in [-0.3, -0.25) is 9.52 Å². The van der Waals surface area contributed by atoms with Crippen molar-refractivity contribution in [1.82, 2.24) is 9.97 Å². The van der Waals surface area contributed by atoms with Crippen molar-refractivity contribution < 1.29 is 22.7 Å². The molecule has 1 unspecified atom stereocenters. The van der Waals surface area contributed by atoms with Gasteiger partial charge in [-0.05, 0) is 47.9 Å². The molecule has 1 amide bonds. The van der Waals surface area contributed by atoms with E-state index < -0.39 is 10.0 Å². The minimum Gasteiger partial charge on any atom is -0.501 e. The van der Waals surface area contributed by atoms with Gasteiger partial charge in [-0.25, -0.2) is 18.4 Å². The number of amides is 1. The van der Waals surface area contributed by atoms with E-state index in [1.54, 1.807) is 67.5 Å². The van der Waals surface area contributed by atoms with Gasteiger partial charge in [-0.1, -0.05) is 18.2 Å². The molecule has 1 atom stereocenters. The lowest BCUT2D eigenvalue weighted by Crippen LogP contribution is -2.24. The first kappa shape index (κ1) is 26.2. The minimum absolute atomic E-state index is 0.0299. The Morgan fingerprint density at radius 3 is 2.46 bits per heavy atom. The number of hydrogen-bond donors (Lipinski definition) is 3. The standard InChI is InChI=1S/C27H25N5O5S2/c1-36-20-12-19(13-21(15-20)37-2)28-25-26(31-24-9-4-3-8-23(24)30-25)32-39(34,35)22-7-5-6-18(14-22)29-27(33)17-10-11-38-16-17/h3-12,14-16,19H,13H2,1-2H3,(H,28,30)(H,29,33)(H,31,32). The number of methoxy groups -OCH3 is 2. The van der Waals surface area contributed by atoms with Crippen molar-refractivity contribution in [3.8, 4) is 0 Å². The molecule has 2 heterocycles. The number of allylic oxidation sites excluding steroid dienone is 1. The monoisotopic (exact) mass is 563 g/mol. The topological polar surface area (TPSA) is 132 Å². The quantitative estimate of drug-likeness (QED) is 0.260. The molecule has 3 N–H and O–H groups in total. The van der Waals surface area contributed by atoms with Crippen LogP contribution in [0.1, 0.15) is 16.8 Å². The molecule has 1 aliphatic carbocycles. The Kier molecular flexibility index (Phi) is 7.48. The van der Waals surface area contributed by atoms with E-state index in [-0.39, 0.29) is 28.5 Å². The van der Waals surface area contributed by atoms with Crippen LogP contribution in [-0.2, 0) is 19.5 Å². The van der Waals surface area contributed by atoms with Gasteiger partial charge in [0.1, 0.15) is 11.5 Å². The van der Waals surface area contributed by atoms with E-state index >= 15 is 0 Å². The third kappa shape index (κ3) is 6.02. The van der Waals surface area contributed by atoms with E-state index in [9.17, 15) is 13.2 Å². The first-order valence-electron chi connectivity index (χ1n) is 11.8. The predicted octanol–water partition coefficient (Wildman–Crippen LogP) is 4.99. The van der Waals surface area contributed by atoms with Crippen LogP contribution >= 0.6 is 11.3 Å². The molecule has 0 saturated carbocycles. The van der Waals surface area contributed by atoms with Gasteiger partial charge < -0.3 is 20.1 Å². The van der Waals surface area contributed by atoms with Crippen LogP contribution < -0.4 is 15.4 Å². The van der Waals surface area contributed by atoms with Crippen molar-refractivity contribution in [2.45, 2.75) is 17.4 Å². The Morgan fingerprint density at radius 2 is 1.77 bits per heavy atom. The summed E-state index contributed by atoms with van der Waals surface area (Å²) >= 11 is 1.40. The number of hydrogen-bond acceptors (Lipinski definition) is 9. The normalized spacial score (nSPS) is 15.2. The number of para-hydroxylation sites is 2. The number of thiophene rings is 1. The summed E-state index contributed by atoms with van der Waals surface area (Å²) in [6.45, 7) is 0. The molecule has 200 valence electrons. The fourth-order valence-electron chi connectivity index (χ4n) is 3.97. The second-order valence-electron chi connectivity index (χ2n) is 8.55. The summed E-state index contributed by atoms with van der Waals surface area (Å²) < 4.78 is 40.3. The molecule has 0 bridgehead atoms. The number of carbonyl (C=O) groups is 1. The number of anilines is 3. The predicted molar refractivity (Wildman–Crippen MR) is 151 cm³/mol. The van der Waals surface area contributed by atoms with Gasteiger partial charge in [0.25, 0.3) is 15.9 Å². The van der Waals surface area contributed by atoms with Gasteiger partial charge >= 0.3 is 0 Å². The molecular formula is C27H25N5O5S2. The average molecular weight is 564 g/mol. The van der Waals surface area contributed by atoms with Crippen LogP contribution in [0.5, 0.6) is 0 Å². The Hall–Kier alpha value is -4.42. The molecule has 4 aromatic rings. The van der Waals surface area contributed by atoms with Crippen LogP contribution in [0, 0.1) is 0 Å². The molecule has 0 radical (unpaired) electrons. The highest BCUT2D eigenvalue weighted by Gasteiger charge is 2.23. The number of aromatic nitrogens is 2. The Balaban J connectivity index is 1.45. The number of ether oxygens (including phenoxy) is 2. The highest BCUT2D eigenvalue weighted by Crippen LogP contribution is 2.28. The van der Waals surface area contributed by atoms with E-state index in [0.717, 1.165) is 0 Å². The number of nitrogens with one attached hydrogen (secondary N) is 3. The molecule has 1 aliphatic rings. The SMILES string of the molecule is COC1=CC(Nc2nc3ccccc3nc2NS(=O)(=O)c2cccc(NC(=O)c3ccsc3)c2)CC(OC)=C1. The Morgan fingerprint density at radius 1 is 1.00 bits per heavy atom. The number of nitrogens with zero attached hydrogens (tertiary/aromatic N) is 2. The van der Waals surface area contributed by atoms with Gasteiger partial charge in [0.15, 0.2) is 11.6 Å². The highest BCUT2D eigenvalue weighted by atomic mass is 32.2. The molecule has 0 saturated heterocycles. The maximum absolute atomic E-state index is 13.5. The summed E-state index contributed by atoms with van der Waals surface area (Å²) in [4.78, 5) is 21.6. The van der Waals surface area contributed by atoms with Crippen LogP contribution in [-0.4, -0.2) is 44.6 Å². The first-order chi connectivity index (χ1) is 18.8. The number of carbonyl (C=O) groups excluding carboxylic acids is 1. The van der Waals surface area contributed by atoms with Crippen molar-refractivity contribution in [3.05, 3.63) is 94.6 Å². The molecule has 0 fully saturated rings. The fourth-order valence-corrected chi connectivity index (χ4v) is 5.66. The van der Waals surface area contributed by atoms with E-state index in [2.05, 4.69) is 25.3 Å². The van der Waals surface area contributed by atoms with E-state index in [1.165, 1.54) is 23.5 Å². The largest absolute Gasteiger partial charge is 0.501 e. The molecule has 10 nitrogen and oxygen atoms in total. The van der Waals surface area contributed by atoms with Crippen molar-refractivity contribution >= 4 is 55.6 Å². The first-order valence-corrected chi connectivity index (χ1v) is 14.3. The van der Waals surface area contributed by atoms with E-state index in [1.807, 2.05) is 12.1 Å². The summed E-state index contributed by atoms with van der Waals surface area (Å²) in [5.41, 5.74) is 1.95. The average Bonchev–Trinajstić information content (AvgIpc) is 3.48. The lowest BCUT2D eigenvalue weighted by atomic mass is 10.1. The number of fused-ring (bicyclic) bond motifs is 1. The molecular weight excluding hydrogens is 538 g/mol. The Labute approximate surface area is 229 Å². The second kappa shape index (κ2) is 11.1. The zero-order valence-corrected chi connectivity index (χ0v) is 22.7. The van der Waals surface area contributed by atoms with Gasteiger partial charge in [-0.2, -0.15) is 11.3 Å². The maximum Gasteiger partial charge on any atom is 0.263 e. The van der Waals surface area contributed by atoms with Crippen molar-refractivity contribution in [2.75, 3.05) is 29.6 Å². The summed E-state index contributed by atoms with van der Waals surface area (Å²) in [6, 6.07) is 14.6. The van der Waals surface area contributed by atoms with Gasteiger partial charge in [-0.15, -0.1) is 0 Å². The van der Waals surface area contributed by atoms with Crippen LogP contribution in [0.15, 0.2) is 93.9 Å². The molecule has 2 aromatic heterocycles. The summed E-state index contributed by atoms with van der Waals surface area (Å²) in [5, 5.41) is 9.50. The van der Waals surface area contributed by atoms with E-state index in [4.69, 9.17) is 9.47 Å². The zero-order chi connectivity index (χ0) is 27.4. The molecule has 39 heavy (non-hydrogen) atoms. The number of sulfonamides is 1. The van der Waals surface area contributed by atoms with Crippen molar-refractivity contribution in [2.24, 2.45) is 0 Å². The minimum atomic E-state index is -4.11. The zero-order valence-electron chi connectivity index (χ0n) is 21.0. The van der Waals surface area contributed by atoms with Gasteiger partial charge in [0.05, 0.1) is 41.8 Å². The van der Waals surface area contributed by atoms with Crippen LogP contribution in [0.2, 0.25) is 0 Å². The number of benzene rings is 2. The maximum atomic E-state index is 13.5. The molecule has 12 heteroatoms. The third-order valence-corrected chi connectivity index (χ3v) is 7.92. The van der Waals surface area contributed by atoms with Crippen LogP contribution in [0.25, 0.3) is 11.0 Å². The van der Waals surface area contributed by atoms with Crippen molar-refractivity contribution in [3.63, 3.8) is 0 Å². The van der Waals surface area contributed by atoms with Gasteiger partial charge in [0, 0.05) is 23.6 Å². The summed E-state index contributed by atoms with van der Waals surface area (Å²) in [6.07, 6.45) is 4.14. The van der Waals surface area contributed by atoms with Crippen molar-refractivity contribution in [1.29, 1.82) is 0 Å². The smallest absolute Gasteiger partial charge is 0.263 e. The third-order valence-electron chi connectivity index (χ3n) is 5.90. The summed E-state index contributed by atoms with van der Waals surface area (Å²) in [7, 11) is -0.969. The fraction of sp³-hybridized carbons (Fsp3) is 0.148. The molecule has 5 rings (SSSR count). The van der Waals surface area contributed by atoms with Gasteiger partial charge in [0.2, 0.25) is 0 Å². The summed E-state index contributed by atoms with van der Waals surface area (Å²) in [5.74, 6) is 1.25. The molecule has 0 aliphatic heterocycles. The Bertz CT molecular complexity index is 1680. The highest BCUT2D eigenvalue weighted by molar-refractivity contribution is 7.92. The second-order valence-corrected chi connectivity index (χ2v) is 11.0. The van der Waals surface area contributed by atoms with Crippen LogP contribution in [0.3, 0.4) is 0 Å². The lowest BCUT2D eigenvalue weighted by Gasteiger charge is -2.23. The van der Waals surface area contributed by atoms with Crippen LogP contribution in [0.4, 0.5) is 17.3 Å². The lowest BCUT2D eigenvalue weighted by molar-refractivity contribution is 0.102.